The van der Waals surface area contributed by atoms with Crippen LogP contribution in [0.4, 0.5) is 5.69 Å². The van der Waals surface area contributed by atoms with E-state index in [2.05, 4.69) is 15.6 Å². The van der Waals surface area contributed by atoms with Gasteiger partial charge in [-0.15, -0.1) is 0 Å². The third kappa shape index (κ3) is 4.09. The fourth-order valence-corrected chi connectivity index (χ4v) is 3.02. The third-order valence-corrected chi connectivity index (χ3v) is 4.42. The van der Waals surface area contributed by atoms with E-state index in [1.54, 1.807) is 6.20 Å². The lowest BCUT2D eigenvalue weighted by Gasteiger charge is -2.14. The molecule has 0 atom stereocenters. The number of pyridine rings is 1. The molecule has 2 N–H and O–H groups in total. The Kier molecular flexibility index (Phi) is 4.91. The number of nitrogens with one attached hydrogen (secondary N) is 2. The van der Waals surface area contributed by atoms with Gasteiger partial charge in [0.2, 0.25) is 0 Å². The van der Waals surface area contributed by atoms with Gasteiger partial charge in [0, 0.05) is 24.5 Å². The average Bonchev–Trinajstić information content (AvgIpc) is 3.07. The first-order chi connectivity index (χ1) is 11.2. The van der Waals surface area contributed by atoms with Gasteiger partial charge in [-0.2, -0.15) is 0 Å². The molecule has 1 fully saturated rings. The van der Waals surface area contributed by atoms with Gasteiger partial charge in [-0.3, -0.25) is 9.78 Å². The second-order valence-electron chi connectivity index (χ2n) is 6.16. The van der Waals surface area contributed by atoms with Crippen molar-refractivity contribution in [2.24, 2.45) is 0 Å². The predicted octanol–water partition coefficient (Wildman–Crippen LogP) is 3.67. The summed E-state index contributed by atoms with van der Waals surface area (Å²) in [6.07, 6.45) is 6.67. The van der Waals surface area contributed by atoms with Crippen LogP contribution >= 0.6 is 0 Å². The molecule has 0 spiro atoms. The van der Waals surface area contributed by atoms with Crippen LogP contribution in [0.2, 0.25) is 0 Å². The van der Waals surface area contributed by atoms with Crippen molar-refractivity contribution in [3.63, 3.8) is 0 Å². The Morgan fingerprint density at radius 2 is 2.00 bits per heavy atom. The Morgan fingerprint density at radius 1 is 1.22 bits per heavy atom. The molecule has 4 nitrogen and oxygen atoms in total. The van der Waals surface area contributed by atoms with Crippen LogP contribution in [0, 0.1) is 6.92 Å². The molecule has 0 radical (unpaired) electrons. The van der Waals surface area contributed by atoms with E-state index in [0.29, 0.717) is 18.3 Å². The molecule has 0 unspecified atom stereocenters. The minimum absolute atomic E-state index is 0.136. The van der Waals surface area contributed by atoms with Crippen LogP contribution in [0.25, 0.3) is 0 Å². The number of hydrogen-bond donors (Lipinski definition) is 2. The molecule has 1 heterocycles. The standard InChI is InChI=1S/C19H23N3O/c1-14-6-2-3-7-15(14)13-21-19(23)18-12-17(10-11-20-18)22-16-8-4-5-9-16/h2-3,6-7,10-12,16H,4-5,8-9,13H2,1H3,(H,20,22)(H,21,23). The van der Waals surface area contributed by atoms with Gasteiger partial charge in [0.15, 0.2) is 0 Å². The summed E-state index contributed by atoms with van der Waals surface area (Å²) in [7, 11) is 0. The molecule has 1 aromatic heterocycles. The largest absolute Gasteiger partial charge is 0.382 e. The quantitative estimate of drug-likeness (QED) is 0.886. The number of hydrogen-bond acceptors (Lipinski definition) is 3. The van der Waals surface area contributed by atoms with Gasteiger partial charge >= 0.3 is 0 Å². The van der Waals surface area contributed by atoms with E-state index in [4.69, 9.17) is 0 Å². The van der Waals surface area contributed by atoms with E-state index in [1.807, 2.05) is 43.3 Å². The first-order valence-corrected chi connectivity index (χ1v) is 8.27. The van der Waals surface area contributed by atoms with E-state index < -0.39 is 0 Å². The third-order valence-electron chi connectivity index (χ3n) is 4.42. The molecule has 0 bridgehead atoms. The zero-order valence-corrected chi connectivity index (χ0v) is 13.5. The maximum Gasteiger partial charge on any atom is 0.270 e. The van der Waals surface area contributed by atoms with Gasteiger partial charge in [-0.05, 0) is 43.0 Å². The Morgan fingerprint density at radius 3 is 2.78 bits per heavy atom. The van der Waals surface area contributed by atoms with Gasteiger partial charge in [-0.25, -0.2) is 0 Å². The number of carbonyl (C=O) groups is 1. The van der Waals surface area contributed by atoms with Gasteiger partial charge in [-0.1, -0.05) is 37.1 Å². The minimum Gasteiger partial charge on any atom is -0.382 e. The van der Waals surface area contributed by atoms with Crippen molar-refractivity contribution in [1.82, 2.24) is 10.3 Å². The van der Waals surface area contributed by atoms with Gasteiger partial charge < -0.3 is 10.6 Å². The molecular formula is C19H23N3O. The molecule has 1 aromatic carbocycles. The first kappa shape index (κ1) is 15.5. The summed E-state index contributed by atoms with van der Waals surface area (Å²) in [4.78, 5) is 16.5. The summed E-state index contributed by atoms with van der Waals surface area (Å²) < 4.78 is 0. The number of aryl methyl sites for hydroxylation is 1. The molecule has 1 amide bonds. The van der Waals surface area contributed by atoms with Crippen LogP contribution in [-0.2, 0) is 6.54 Å². The lowest BCUT2D eigenvalue weighted by Crippen LogP contribution is -2.24. The van der Waals surface area contributed by atoms with Crippen LogP contribution in [0.5, 0.6) is 0 Å². The van der Waals surface area contributed by atoms with Crippen molar-refractivity contribution in [2.75, 3.05) is 5.32 Å². The molecule has 4 heteroatoms. The molecule has 1 aliphatic rings. The highest BCUT2D eigenvalue weighted by molar-refractivity contribution is 5.93. The Hall–Kier alpha value is -2.36. The number of amides is 1. The monoisotopic (exact) mass is 309 g/mol. The second kappa shape index (κ2) is 7.27. The molecule has 1 saturated carbocycles. The van der Waals surface area contributed by atoms with E-state index >= 15 is 0 Å². The van der Waals surface area contributed by atoms with E-state index in [9.17, 15) is 4.79 Å². The van der Waals surface area contributed by atoms with E-state index in [1.165, 1.54) is 31.2 Å². The molecule has 0 aliphatic heterocycles. The predicted molar refractivity (Wildman–Crippen MR) is 92.5 cm³/mol. The lowest BCUT2D eigenvalue weighted by molar-refractivity contribution is 0.0946. The highest BCUT2D eigenvalue weighted by atomic mass is 16.1. The Labute approximate surface area is 137 Å². The molecule has 23 heavy (non-hydrogen) atoms. The first-order valence-electron chi connectivity index (χ1n) is 8.27. The average molecular weight is 309 g/mol. The fourth-order valence-electron chi connectivity index (χ4n) is 3.02. The van der Waals surface area contributed by atoms with Crippen LogP contribution in [0.1, 0.15) is 47.3 Å². The summed E-state index contributed by atoms with van der Waals surface area (Å²) in [5, 5.41) is 6.45. The Balaban J connectivity index is 1.61. The Bertz CT molecular complexity index is 678. The maximum atomic E-state index is 12.3. The number of anilines is 1. The summed E-state index contributed by atoms with van der Waals surface area (Å²) in [5.74, 6) is -0.136. The molecule has 120 valence electrons. The molecule has 0 saturated heterocycles. The summed E-state index contributed by atoms with van der Waals surface area (Å²) in [6, 6.07) is 12.4. The second-order valence-corrected chi connectivity index (χ2v) is 6.16. The van der Waals surface area contributed by atoms with Crippen LogP contribution in [-0.4, -0.2) is 16.9 Å². The number of carbonyl (C=O) groups excluding carboxylic acids is 1. The zero-order valence-electron chi connectivity index (χ0n) is 13.5. The van der Waals surface area contributed by atoms with Crippen molar-refractivity contribution in [1.29, 1.82) is 0 Å². The minimum atomic E-state index is -0.136. The van der Waals surface area contributed by atoms with Crippen molar-refractivity contribution in [2.45, 2.75) is 45.2 Å². The topological polar surface area (TPSA) is 54.0 Å². The lowest BCUT2D eigenvalue weighted by atomic mass is 10.1. The summed E-state index contributed by atoms with van der Waals surface area (Å²) in [5.41, 5.74) is 3.74. The molecule has 3 rings (SSSR count). The SMILES string of the molecule is Cc1ccccc1CNC(=O)c1cc(NC2CCCC2)ccn1. The number of aromatic nitrogens is 1. The van der Waals surface area contributed by atoms with Gasteiger partial charge in [0.1, 0.15) is 5.69 Å². The van der Waals surface area contributed by atoms with Crippen molar-refractivity contribution in [3.8, 4) is 0 Å². The fraction of sp³-hybridized carbons (Fsp3) is 0.368. The smallest absolute Gasteiger partial charge is 0.270 e. The zero-order chi connectivity index (χ0) is 16.1. The molecule has 2 aromatic rings. The van der Waals surface area contributed by atoms with Gasteiger partial charge in [0.05, 0.1) is 0 Å². The summed E-state index contributed by atoms with van der Waals surface area (Å²) >= 11 is 0. The normalized spacial score (nSPS) is 14.7. The number of rotatable bonds is 5. The van der Waals surface area contributed by atoms with Crippen LogP contribution < -0.4 is 10.6 Å². The highest BCUT2D eigenvalue weighted by Crippen LogP contribution is 2.22. The molecule has 1 aliphatic carbocycles. The highest BCUT2D eigenvalue weighted by Gasteiger charge is 2.15. The van der Waals surface area contributed by atoms with Gasteiger partial charge in [0.25, 0.3) is 5.91 Å². The van der Waals surface area contributed by atoms with Crippen molar-refractivity contribution < 1.29 is 4.79 Å². The number of benzene rings is 1. The van der Waals surface area contributed by atoms with Crippen molar-refractivity contribution >= 4 is 11.6 Å². The molecular weight excluding hydrogens is 286 g/mol. The van der Waals surface area contributed by atoms with Crippen LogP contribution in [0.15, 0.2) is 42.6 Å². The van der Waals surface area contributed by atoms with Crippen LogP contribution in [0.3, 0.4) is 0 Å². The van der Waals surface area contributed by atoms with Crippen molar-refractivity contribution in [3.05, 3.63) is 59.4 Å². The van der Waals surface area contributed by atoms with E-state index in [-0.39, 0.29) is 5.91 Å². The summed E-state index contributed by atoms with van der Waals surface area (Å²) in [6.45, 7) is 2.57. The maximum absolute atomic E-state index is 12.3. The van der Waals surface area contributed by atoms with E-state index in [0.717, 1.165) is 11.3 Å². The number of nitrogens with zero attached hydrogens (tertiary/aromatic N) is 1.